The number of hydrogen-bond acceptors (Lipinski definition) is 4. The monoisotopic (exact) mass is 243 g/mol. The van der Waals surface area contributed by atoms with Crippen LogP contribution in [-0.4, -0.2) is 38.9 Å². The maximum absolute atomic E-state index is 11.3. The maximum atomic E-state index is 11.3. The Kier molecular flexibility index (Phi) is 8.01. The third-order valence-corrected chi connectivity index (χ3v) is 3.04. The van der Waals surface area contributed by atoms with Crippen molar-refractivity contribution in [1.29, 1.82) is 0 Å². The van der Waals surface area contributed by atoms with Gasteiger partial charge in [0.2, 0.25) is 0 Å². The number of carbonyl (C=O) groups is 1. The predicted molar refractivity (Wildman–Crippen MR) is 66.9 cm³/mol. The van der Waals surface area contributed by atoms with Crippen LogP contribution in [0.3, 0.4) is 0 Å². The van der Waals surface area contributed by atoms with E-state index in [1.165, 1.54) is 19.3 Å². The van der Waals surface area contributed by atoms with Crippen molar-refractivity contribution >= 4 is 5.97 Å². The van der Waals surface area contributed by atoms with E-state index in [2.05, 4.69) is 12.2 Å². The molecule has 1 saturated carbocycles. The van der Waals surface area contributed by atoms with E-state index < -0.39 is 0 Å². The Balaban J connectivity index is 1.76. The van der Waals surface area contributed by atoms with Crippen LogP contribution in [-0.2, 0) is 14.3 Å². The molecule has 1 aliphatic rings. The molecular weight excluding hydrogens is 218 g/mol. The molecular formula is C13H25NO3. The SMILES string of the molecule is CCCCNCCOCCOC(=O)C1CCC1. The molecule has 17 heavy (non-hydrogen) atoms. The van der Waals surface area contributed by atoms with Crippen LogP contribution in [0.2, 0.25) is 0 Å². The molecule has 0 unspecified atom stereocenters. The summed E-state index contributed by atoms with van der Waals surface area (Å²) in [6, 6.07) is 0. The molecule has 0 aliphatic heterocycles. The van der Waals surface area contributed by atoms with E-state index in [0.717, 1.165) is 25.9 Å². The topological polar surface area (TPSA) is 47.6 Å². The second kappa shape index (κ2) is 9.42. The quantitative estimate of drug-likeness (QED) is 0.469. The van der Waals surface area contributed by atoms with Crippen LogP contribution in [0, 0.1) is 5.92 Å². The number of unbranched alkanes of at least 4 members (excludes halogenated alkanes) is 1. The summed E-state index contributed by atoms with van der Waals surface area (Å²) in [7, 11) is 0. The molecule has 0 aromatic carbocycles. The zero-order valence-corrected chi connectivity index (χ0v) is 10.9. The zero-order valence-electron chi connectivity index (χ0n) is 10.9. The number of nitrogens with one attached hydrogen (secondary N) is 1. The van der Waals surface area contributed by atoms with Crippen molar-refractivity contribution in [3.63, 3.8) is 0 Å². The summed E-state index contributed by atoms with van der Waals surface area (Å²) >= 11 is 0. The van der Waals surface area contributed by atoms with Crippen LogP contribution in [0.5, 0.6) is 0 Å². The summed E-state index contributed by atoms with van der Waals surface area (Å²) in [5.41, 5.74) is 0. The Morgan fingerprint density at radius 3 is 2.71 bits per heavy atom. The van der Waals surface area contributed by atoms with Crippen molar-refractivity contribution < 1.29 is 14.3 Å². The van der Waals surface area contributed by atoms with Crippen LogP contribution in [0.25, 0.3) is 0 Å². The van der Waals surface area contributed by atoms with Gasteiger partial charge in [0.05, 0.1) is 19.1 Å². The molecule has 1 N–H and O–H groups in total. The minimum Gasteiger partial charge on any atom is -0.463 e. The van der Waals surface area contributed by atoms with Gasteiger partial charge in [-0.2, -0.15) is 0 Å². The standard InChI is InChI=1S/C13H25NO3/c1-2-3-7-14-8-9-16-10-11-17-13(15)12-5-4-6-12/h12,14H,2-11H2,1H3. The fraction of sp³-hybridized carbons (Fsp3) is 0.923. The number of rotatable bonds is 10. The summed E-state index contributed by atoms with van der Waals surface area (Å²) in [5.74, 6) is 0.131. The van der Waals surface area contributed by atoms with E-state index >= 15 is 0 Å². The predicted octanol–water partition coefficient (Wildman–Crippen LogP) is 1.74. The highest BCUT2D eigenvalue weighted by atomic mass is 16.6. The third kappa shape index (κ3) is 6.64. The molecule has 0 saturated heterocycles. The van der Waals surface area contributed by atoms with Crippen molar-refractivity contribution in [2.45, 2.75) is 39.0 Å². The van der Waals surface area contributed by atoms with Gasteiger partial charge in [-0.15, -0.1) is 0 Å². The molecule has 1 aliphatic carbocycles. The molecule has 0 bridgehead atoms. The van der Waals surface area contributed by atoms with E-state index in [1.807, 2.05) is 0 Å². The first-order chi connectivity index (χ1) is 8.34. The molecule has 0 heterocycles. The van der Waals surface area contributed by atoms with Gasteiger partial charge in [0.1, 0.15) is 6.61 Å². The molecule has 4 heteroatoms. The average molecular weight is 243 g/mol. The van der Waals surface area contributed by atoms with Crippen molar-refractivity contribution in [3.8, 4) is 0 Å². The van der Waals surface area contributed by atoms with Gasteiger partial charge in [0.25, 0.3) is 0 Å². The first kappa shape index (κ1) is 14.5. The van der Waals surface area contributed by atoms with E-state index in [4.69, 9.17) is 9.47 Å². The van der Waals surface area contributed by atoms with Gasteiger partial charge in [0.15, 0.2) is 0 Å². The van der Waals surface area contributed by atoms with Crippen LogP contribution in [0.15, 0.2) is 0 Å². The molecule has 1 rings (SSSR count). The van der Waals surface area contributed by atoms with Crippen molar-refractivity contribution in [1.82, 2.24) is 5.32 Å². The van der Waals surface area contributed by atoms with Crippen LogP contribution in [0.1, 0.15) is 39.0 Å². The highest BCUT2D eigenvalue weighted by Crippen LogP contribution is 2.27. The lowest BCUT2D eigenvalue weighted by Gasteiger charge is -2.22. The van der Waals surface area contributed by atoms with Crippen LogP contribution < -0.4 is 5.32 Å². The van der Waals surface area contributed by atoms with Gasteiger partial charge >= 0.3 is 5.97 Å². The lowest BCUT2D eigenvalue weighted by molar-refractivity contribution is -0.152. The molecule has 0 radical (unpaired) electrons. The van der Waals surface area contributed by atoms with Crippen molar-refractivity contribution in [3.05, 3.63) is 0 Å². The molecule has 0 amide bonds. The van der Waals surface area contributed by atoms with Crippen molar-refractivity contribution in [2.75, 3.05) is 32.9 Å². The lowest BCUT2D eigenvalue weighted by Crippen LogP contribution is -2.26. The molecule has 4 nitrogen and oxygen atoms in total. The molecule has 100 valence electrons. The second-order valence-corrected chi connectivity index (χ2v) is 4.51. The summed E-state index contributed by atoms with van der Waals surface area (Å²) in [6.45, 7) is 5.69. The third-order valence-electron chi connectivity index (χ3n) is 3.04. The first-order valence-corrected chi connectivity index (χ1v) is 6.79. The largest absolute Gasteiger partial charge is 0.463 e. The summed E-state index contributed by atoms with van der Waals surface area (Å²) in [4.78, 5) is 11.3. The normalized spacial score (nSPS) is 15.6. The Labute approximate surface area is 104 Å². The highest BCUT2D eigenvalue weighted by molar-refractivity contribution is 5.73. The molecule has 0 aromatic heterocycles. The number of ether oxygens (including phenoxy) is 2. The fourth-order valence-corrected chi connectivity index (χ4v) is 1.64. The van der Waals surface area contributed by atoms with Gasteiger partial charge in [-0.3, -0.25) is 4.79 Å². The number of hydrogen-bond donors (Lipinski definition) is 1. The summed E-state index contributed by atoms with van der Waals surface area (Å²) in [5, 5.41) is 3.29. The molecule has 0 aromatic rings. The fourth-order valence-electron chi connectivity index (χ4n) is 1.64. The highest BCUT2D eigenvalue weighted by Gasteiger charge is 2.26. The molecule has 0 atom stereocenters. The van der Waals surface area contributed by atoms with E-state index in [1.54, 1.807) is 0 Å². The first-order valence-electron chi connectivity index (χ1n) is 6.79. The summed E-state index contributed by atoms with van der Waals surface area (Å²) < 4.78 is 10.5. The molecule has 1 fully saturated rings. The van der Waals surface area contributed by atoms with Crippen molar-refractivity contribution in [2.24, 2.45) is 5.92 Å². The second-order valence-electron chi connectivity index (χ2n) is 4.51. The maximum Gasteiger partial charge on any atom is 0.309 e. The minimum absolute atomic E-state index is 0.0408. The minimum atomic E-state index is -0.0408. The Morgan fingerprint density at radius 1 is 1.24 bits per heavy atom. The Morgan fingerprint density at radius 2 is 2.06 bits per heavy atom. The van der Waals surface area contributed by atoms with Gasteiger partial charge in [-0.05, 0) is 25.8 Å². The van der Waals surface area contributed by atoms with Gasteiger partial charge < -0.3 is 14.8 Å². The lowest BCUT2D eigenvalue weighted by atomic mass is 9.86. The Hall–Kier alpha value is -0.610. The number of carbonyl (C=O) groups excluding carboxylic acids is 1. The molecule has 0 spiro atoms. The van der Waals surface area contributed by atoms with E-state index in [-0.39, 0.29) is 11.9 Å². The smallest absolute Gasteiger partial charge is 0.309 e. The number of esters is 1. The van der Waals surface area contributed by atoms with Crippen LogP contribution in [0.4, 0.5) is 0 Å². The van der Waals surface area contributed by atoms with E-state index in [0.29, 0.717) is 19.8 Å². The van der Waals surface area contributed by atoms with Crippen LogP contribution >= 0.6 is 0 Å². The van der Waals surface area contributed by atoms with Gasteiger partial charge in [-0.1, -0.05) is 19.8 Å². The average Bonchev–Trinajstić information content (AvgIpc) is 2.24. The zero-order chi connectivity index (χ0) is 12.3. The van der Waals surface area contributed by atoms with Gasteiger partial charge in [0, 0.05) is 6.54 Å². The Bertz CT molecular complexity index is 205. The van der Waals surface area contributed by atoms with Gasteiger partial charge in [-0.25, -0.2) is 0 Å². The van der Waals surface area contributed by atoms with E-state index in [9.17, 15) is 4.79 Å². The summed E-state index contributed by atoms with van der Waals surface area (Å²) in [6.07, 6.45) is 5.59.